The summed E-state index contributed by atoms with van der Waals surface area (Å²) < 4.78 is 24.0. The first kappa shape index (κ1) is 17.2. The van der Waals surface area contributed by atoms with E-state index in [0.717, 1.165) is 6.20 Å². The van der Waals surface area contributed by atoms with Crippen molar-refractivity contribution in [2.24, 2.45) is 0 Å². The van der Waals surface area contributed by atoms with Gasteiger partial charge in [-0.15, -0.1) is 0 Å². The molecule has 0 bridgehead atoms. The van der Waals surface area contributed by atoms with Gasteiger partial charge in [-0.05, 0) is 34.7 Å². The van der Waals surface area contributed by atoms with Crippen molar-refractivity contribution in [1.82, 2.24) is 0 Å². The first-order valence-corrected chi connectivity index (χ1v) is 7.35. The largest absolute Gasteiger partial charge is 0.478 e. The molecule has 23 heavy (non-hydrogen) atoms. The Kier molecular flexibility index (Phi) is 4.59. The van der Waals surface area contributed by atoms with E-state index >= 15 is 0 Å². The average Bonchev–Trinajstić information content (AvgIpc) is 2.40. The second-order valence-corrected chi connectivity index (χ2v) is 6.13. The highest BCUT2D eigenvalue weighted by Gasteiger charge is 2.39. The molecule has 122 valence electrons. The zero-order valence-corrected chi connectivity index (χ0v) is 14.1. The Morgan fingerprint density at radius 3 is 2.39 bits per heavy atom. The van der Waals surface area contributed by atoms with E-state index < -0.39 is 35.1 Å². The molecule has 1 aromatic rings. The Morgan fingerprint density at radius 1 is 1.30 bits per heavy atom. The predicted molar refractivity (Wildman–Crippen MR) is 84.0 cm³/mol. The van der Waals surface area contributed by atoms with Crippen LogP contribution in [-0.4, -0.2) is 28.8 Å². The minimum Gasteiger partial charge on any atom is -0.478 e. The van der Waals surface area contributed by atoms with Crippen molar-refractivity contribution in [2.75, 3.05) is 5.32 Å². The van der Waals surface area contributed by atoms with Crippen molar-refractivity contribution < 1.29 is 33.4 Å². The van der Waals surface area contributed by atoms with Crippen LogP contribution in [0.4, 0.5) is 10.1 Å². The van der Waals surface area contributed by atoms with E-state index in [1.165, 1.54) is 26.0 Å². The number of esters is 2. The molecule has 0 spiro atoms. The molecular weight excluding hydrogens is 424 g/mol. The van der Waals surface area contributed by atoms with Crippen LogP contribution >= 0.6 is 22.6 Å². The van der Waals surface area contributed by atoms with Gasteiger partial charge in [0.25, 0.3) is 5.79 Å². The summed E-state index contributed by atoms with van der Waals surface area (Å²) in [4.78, 5) is 34.7. The van der Waals surface area contributed by atoms with E-state index in [2.05, 4.69) is 5.32 Å². The van der Waals surface area contributed by atoms with Crippen LogP contribution in [0.3, 0.4) is 0 Å². The molecule has 0 aliphatic carbocycles. The summed E-state index contributed by atoms with van der Waals surface area (Å²) in [5, 5.41) is 11.4. The number of aromatic carboxylic acids is 1. The molecule has 1 aromatic carbocycles. The van der Waals surface area contributed by atoms with Gasteiger partial charge in [-0.25, -0.2) is 18.8 Å². The zero-order valence-electron chi connectivity index (χ0n) is 12.0. The van der Waals surface area contributed by atoms with Gasteiger partial charge in [-0.2, -0.15) is 0 Å². The van der Waals surface area contributed by atoms with Gasteiger partial charge in [-0.1, -0.05) is 0 Å². The zero-order chi connectivity index (χ0) is 17.4. The third-order valence-corrected chi connectivity index (χ3v) is 3.64. The normalized spacial score (nSPS) is 16.4. The summed E-state index contributed by atoms with van der Waals surface area (Å²) in [5.41, 5.74) is -1.22. The Hall–Kier alpha value is -2.17. The molecule has 0 unspecified atom stereocenters. The Morgan fingerprint density at radius 2 is 1.87 bits per heavy atom. The minimum absolute atomic E-state index is 0.170. The summed E-state index contributed by atoms with van der Waals surface area (Å²) in [5.74, 6) is -5.50. The fourth-order valence-electron chi connectivity index (χ4n) is 1.79. The number of halogens is 2. The Bertz CT molecular complexity index is 721. The number of rotatable bonds is 3. The van der Waals surface area contributed by atoms with Crippen LogP contribution in [0.25, 0.3) is 0 Å². The topological polar surface area (TPSA) is 102 Å². The lowest BCUT2D eigenvalue weighted by atomic mass is 10.1. The van der Waals surface area contributed by atoms with Crippen molar-refractivity contribution in [3.63, 3.8) is 0 Å². The number of anilines is 1. The van der Waals surface area contributed by atoms with Crippen molar-refractivity contribution in [2.45, 2.75) is 19.6 Å². The molecule has 2 N–H and O–H groups in total. The number of ether oxygens (including phenoxy) is 2. The number of cyclic esters (lactones) is 2. The number of hydrogen-bond acceptors (Lipinski definition) is 6. The van der Waals surface area contributed by atoms with Crippen LogP contribution in [0, 0.1) is 9.39 Å². The third-order valence-electron chi connectivity index (χ3n) is 2.80. The standard InChI is InChI=1S/C14H11FINO6/c1-14(2)22-12(20)7(13(21)23-14)5-17-10-6(11(18)19)3-4-8(16)9(10)15/h3-5,17H,1-2H3,(H,18,19). The predicted octanol–water partition coefficient (Wildman–Crippen LogP) is 2.26. The van der Waals surface area contributed by atoms with Crippen molar-refractivity contribution in [1.29, 1.82) is 0 Å². The first-order valence-electron chi connectivity index (χ1n) is 6.27. The molecule has 2 rings (SSSR count). The number of hydrogen-bond donors (Lipinski definition) is 2. The van der Waals surface area contributed by atoms with E-state index in [9.17, 15) is 18.8 Å². The fraction of sp³-hybridized carbons (Fsp3) is 0.214. The van der Waals surface area contributed by atoms with Crippen LogP contribution in [0.15, 0.2) is 23.9 Å². The van der Waals surface area contributed by atoms with Gasteiger partial charge in [0.2, 0.25) is 0 Å². The van der Waals surface area contributed by atoms with Crippen LogP contribution < -0.4 is 5.32 Å². The quantitative estimate of drug-likeness (QED) is 0.325. The molecule has 1 aliphatic rings. The molecule has 0 atom stereocenters. The van der Waals surface area contributed by atoms with Crippen LogP contribution in [0.2, 0.25) is 0 Å². The lowest BCUT2D eigenvalue weighted by Gasteiger charge is -2.29. The molecular formula is C14H11FINO6. The maximum absolute atomic E-state index is 14.1. The third kappa shape index (κ3) is 3.60. The lowest BCUT2D eigenvalue weighted by molar-refractivity contribution is -0.222. The monoisotopic (exact) mass is 435 g/mol. The number of carbonyl (C=O) groups excluding carboxylic acids is 2. The molecule has 1 saturated heterocycles. The van der Waals surface area contributed by atoms with Gasteiger partial charge in [0.05, 0.1) is 14.8 Å². The lowest BCUT2D eigenvalue weighted by Crippen LogP contribution is -2.42. The molecule has 0 radical (unpaired) electrons. The fourth-order valence-corrected chi connectivity index (χ4v) is 2.24. The van der Waals surface area contributed by atoms with E-state index in [4.69, 9.17) is 14.6 Å². The van der Waals surface area contributed by atoms with E-state index in [0.29, 0.717) is 0 Å². The van der Waals surface area contributed by atoms with E-state index in [1.807, 2.05) is 0 Å². The highest BCUT2D eigenvalue weighted by atomic mass is 127. The van der Waals surface area contributed by atoms with Gasteiger partial charge >= 0.3 is 17.9 Å². The first-order chi connectivity index (χ1) is 10.6. The molecule has 1 aliphatic heterocycles. The number of benzene rings is 1. The molecule has 0 aromatic heterocycles. The van der Waals surface area contributed by atoms with Crippen molar-refractivity contribution in [3.05, 3.63) is 38.9 Å². The highest BCUT2D eigenvalue weighted by molar-refractivity contribution is 14.1. The molecule has 0 saturated carbocycles. The summed E-state index contributed by atoms with van der Waals surface area (Å²) >= 11 is 1.68. The summed E-state index contributed by atoms with van der Waals surface area (Å²) in [6.45, 7) is 2.77. The maximum Gasteiger partial charge on any atom is 0.350 e. The van der Waals surface area contributed by atoms with Crippen LogP contribution in [0.5, 0.6) is 0 Å². The van der Waals surface area contributed by atoms with Gasteiger partial charge in [0.15, 0.2) is 11.4 Å². The molecule has 7 nitrogen and oxygen atoms in total. The number of carboxylic acids is 1. The maximum atomic E-state index is 14.1. The summed E-state index contributed by atoms with van der Waals surface area (Å²) in [6, 6.07) is 2.50. The van der Waals surface area contributed by atoms with E-state index in [-0.39, 0.29) is 14.8 Å². The molecule has 1 heterocycles. The molecule has 0 amide bonds. The summed E-state index contributed by atoms with van der Waals surface area (Å²) in [7, 11) is 0. The van der Waals surface area contributed by atoms with Gasteiger partial charge in [0, 0.05) is 20.0 Å². The molecule has 1 fully saturated rings. The van der Waals surface area contributed by atoms with Gasteiger partial charge < -0.3 is 19.9 Å². The second kappa shape index (κ2) is 6.14. The average molecular weight is 435 g/mol. The van der Waals surface area contributed by atoms with Gasteiger partial charge in [-0.3, -0.25) is 0 Å². The van der Waals surface area contributed by atoms with Gasteiger partial charge in [0.1, 0.15) is 0 Å². The van der Waals surface area contributed by atoms with Crippen molar-refractivity contribution >= 4 is 46.2 Å². The van der Waals surface area contributed by atoms with Crippen molar-refractivity contribution in [3.8, 4) is 0 Å². The smallest absolute Gasteiger partial charge is 0.350 e. The summed E-state index contributed by atoms with van der Waals surface area (Å²) in [6.07, 6.45) is 0.862. The van der Waals surface area contributed by atoms with Crippen LogP contribution in [-0.2, 0) is 19.1 Å². The Balaban J connectivity index is 2.37. The number of nitrogens with one attached hydrogen (secondary N) is 1. The second-order valence-electron chi connectivity index (χ2n) is 4.97. The SMILES string of the molecule is CC1(C)OC(=O)C(=CNc2c(C(=O)O)ccc(I)c2F)C(=O)O1. The van der Waals surface area contributed by atoms with Crippen LogP contribution in [0.1, 0.15) is 24.2 Å². The van der Waals surface area contributed by atoms with E-state index in [1.54, 1.807) is 22.6 Å². The highest BCUT2D eigenvalue weighted by Crippen LogP contribution is 2.26. The number of carboxylic acid groups (broad SMARTS) is 1. The Labute approximate surface area is 143 Å². The molecule has 9 heteroatoms. The minimum atomic E-state index is -1.40. The number of carbonyl (C=O) groups is 3.